The third-order valence-corrected chi connectivity index (χ3v) is 3.99. The first-order valence-electron chi connectivity index (χ1n) is 6.85. The van der Waals surface area contributed by atoms with E-state index in [1.54, 1.807) is 24.3 Å². The Labute approximate surface area is 147 Å². The lowest BCUT2D eigenvalue weighted by molar-refractivity contribution is -0.119. The van der Waals surface area contributed by atoms with Crippen LogP contribution in [-0.2, 0) is 11.2 Å². The Morgan fingerprint density at radius 3 is 2.33 bits per heavy atom. The van der Waals surface area contributed by atoms with E-state index in [-0.39, 0.29) is 17.0 Å². The van der Waals surface area contributed by atoms with E-state index in [1.807, 2.05) is 6.07 Å². The number of phenolic OH excluding ortho intramolecular Hbond substituents is 2. The van der Waals surface area contributed by atoms with Gasteiger partial charge in [0.1, 0.15) is 11.1 Å². The van der Waals surface area contributed by atoms with E-state index in [2.05, 4.69) is 5.32 Å². The molecule has 0 fully saturated rings. The molecule has 0 spiro atoms. The molecule has 0 aliphatic rings. The summed E-state index contributed by atoms with van der Waals surface area (Å²) in [5.74, 6) is -2.71. The molecular formula is C16H14Cl2N2O4. The number of hydrogen-bond donors (Lipinski definition) is 4. The van der Waals surface area contributed by atoms with Crippen LogP contribution >= 0.6 is 23.2 Å². The van der Waals surface area contributed by atoms with Crippen LogP contribution in [0.4, 0.5) is 0 Å². The number of primary amides is 1. The number of phenols is 2. The van der Waals surface area contributed by atoms with Crippen LogP contribution in [0, 0.1) is 0 Å². The first kappa shape index (κ1) is 17.9. The van der Waals surface area contributed by atoms with Crippen molar-refractivity contribution in [2.75, 3.05) is 0 Å². The van der Waals surface area contributed by atoms with Gasteiger partial charge in [-0.3, -0.25) is 9.59 Å². The molecule has 2 rings (SSSR count). The summed E-state index contributed by atoms with van der Waals surface area (Å²) < 4.78 is 0. The zero-order valence-electron chi connectivity index (χ0n) is 12.3. The zero-order chi connectivity index (χ0) is 17.9. The van der Waals surface area contributed by atoms with Gasteiger partial charge in [-0.25, -0.2) is 0 Å². The van der Waals surface area contributed by atoms with Gasteiger partial charge in [0.2, 0.25) is 5.91 Å². The van der Waals surface area contributed by atoms with E-state index in [4.69, 9.17) is 28.9 Å². The minimum Gasteiger partial charge on any atom is -0.505 e. The normalized spacial score (nSPS) is 11.8. The highest BCUT2D eigenvalue weighted by Crippen LogP contribution is 2.40. The molecule has 1 atom stereocenters. The number of aromatic hydroxyl groups is 2. The molecule has 0 bridgehead atoms. The molecule has 0 aliphatic carbocycles. The average molecular weight is 369 g/mol. The molecule has 0 unspecified atom stereocenters. The van der Waals surface area contributed by atoms with Crippen LogP contribution in [0.25, 0.3) is 0 Å². The number of carbonyl (C=O) groups is 2. The first-order valence-corrected chi connectivity index (χ1v) is 7.61. The van der Waals surface area contributed by atoms with Crippen LogP contribution in [0.2, 0.25) is 10.0 Å². The molecule has 8 heteroatoms. The van der Waals surface area contributed by atoms with Crippen molar-refractivity contribution < 1.29 is 19.8 Å². The summed E-state index contributed by atoms with van der Waals surface area (Å²) in [6, 6.07) is 9.03. The van der Waals surface area contributed by atoms with Gasteiger partial charge < -0.3 is 21.3 Å². The molecule has 24 heavy (non-hydrogen) atoms. The molecule has 2 aromatic rings. The van der Waals surface area contributed by atoms with Gasteiger partial charge in [-0.05, 0) is 11.6 Å². The van der Waals surface area contributed by atoms with Crippen LogP contribution in [0.3, 0.4) is 0 Å². The van der Waals surface area contributed by atoms with Gasteiger partial charge in [0, 0.05) is 6.42 Å². The number of benzene rings is 2. The van der Waals surface area contributed by atoms with Crippen molar-refractivity contribution >= 4 is 35.0 Å². The molecule has 0 saturated heterocycles. The second-order valence-corrected chi connectivity index (χ2v) is 5.82. The Hall–Kier alpha value is -2.44. The third kappa shape index (κ3) is 3.90. The van der Waals surface area contributed by atoms with Gasteiger partial charge in [0.25, 0.3) is 5.91 Å². The second kappa shape index (κ2) is 7.42. The fraction of sp³-hybridized carbons (Fsp3) is 0.125. The van der Waals surface area contributed by atoms with Crippen molar-refractivity contribution in [2.24, 2.45) is 5.73 Å². The van der Waals surface area contributed by atoms with Crippen molar-refractivity contribution in [1.29, 1.82) is 0 Å². The summed E-state index contributed by atoms with van der Waals surface area (Å²) in [4.78, 5) is 23.9. The molecule has 2 aromatic carbocycles. The number of nitrogens with two attached hydrogens (primary N) is 1. The summed E-state index contributed by atoms with van der Waals surface area (Å²) in [6.07, 6.45) is 0.183. The topological polar surface area (TPSA) is 113 Å². The Balaban J connectivity index is 2.24. The lowest BCUT2D eigenvalue weighted by atomic mass is 10.0. The van der Waals surface area contributed by atoms with Crippen LogP contribution in [-0.4, -0.2) is 28.1 Å². The van der Waals surface area contributed by atoms with Crippen molar-refractivity contribution in [3.63, 3.8) is 0 Å². The molecule has 2 amide bonds. The van der Waals surface area contributed by atoms with Crippen molar-refractivity contribution in [3.05, 3.63) is 57.6 Å². The third-order valence-electron chi connectivity index (χ3n) is 3.34. The Morgan fingerprint density at radius 2 is 1.75 bits per heavy atom. The fourth-order valence-corrected chi connectivity index (χ4v) is 2.54. The van der Waals surface area contributed by atoms with Crippen LogP contribution in [0.15, 0.2) is 36.4 Å². The van der Waals surface area contributed by atoms with Gasteiger partial charge >= 0.3 is 0 Å². The van der Waals surface area contributed by atoms with Crippen molar-refractivity contribution in [3.8, 4) is 11.5 Å². The van der Waals surface area contributed by atoms with Crippen molar-refractivity contribution in [1.82, 2.24) is 5.32 Å². The van der Waals surface area contributed by atoms with E-state index in [0.29, 0.717) is 0 Å². The van der Waals surface area contributed by atoms with E-state index in [0.717, 1.165) is 11.6 Å². The summed E-state index contributed by atoms with van der Waals surface area (Å²) in [6.45, 7) is 0. The smallest absolute Gasteiger partial charge is 0.255 e. The van der Waals surface area contributed by atoms with Gasteiger partial charge in [-0.1, -0.05) is 53.5 Å². The standard InChI is InChI=1S/C16H14Cl2N2O4/c17-10-7-9(13(21)12(18)14(10)22)16(24)20-11(15(19)23)6-8-4-2-1-3-5-8/h1-5,7,11,21-22H,6H2,(H2,19,23)(H,20,24)/t11-/m0/s1. The SMILES string of the molecule is NC(=O)[C@H](Cc1ccccc1)NC(=O)c1cc(Cl)c(O)c(Cl)c1O. The largest absolute Gasteiger partial charge is 0.505 e. The van der Waals surface area contributed by atoms with Crippen LogP contribution in [0.5, 0.6) is 11.5 Å². The quantitative estimate of drug-likeness (QED) is 0.647. The average Bonchev–Trinajstić information content (AvgIpc) is 2.56. The molecule has 126 valence electrons. The maximum atomic E-state index is 12.3. The minimum atomic E-state index is -0.995. The second-order valence-electron chi connectivity index (χ2n) is 5.04. The van der Waals surface area contributed by atoms with Crippen molar-refractivity contribution in [2.45, 2.75) is 12.5 Å². The van der Waals surface area contributed by atoms with Crippen LogP contribution < -0.4 is 11.1 Å². The Kier molecular flexibility index (Phi) is 5.54. The molecule has 6 nitrogen and oxygen atoms in total. The number of carbonyl (C=O) groups excluding carboxylic acids is 2. The number of hydrogen-bond acceptors (Lipinski definition) is 4. The molecule has 0 saturated carbocycles. The molecular weight excluding hydrogens is 355 g/mol. The van der Waals surface area contributed by atoms with Gasteiger partial charge in [0.15, 0.2) is 11.5 Å². The maximum Gasteiger partial charge on any atom is 0.255 e. The summed E-state index contributed by atoms with van der Waals surface area (Å²) in [5, 5.41) is 21.2. The highest BCUT2D eigenvalue weighted by molar-refractivity contribution is 6.38. The van der Waals surface area contributed by atoms with E-state index >= 15 is 0 Å². The number of rotatable bonds is 5. The molecule has 5 N–H and O–H groups in total. The Bertz CT molecular complexity index is 781. The number of halogens is 2. The molecule has 0 radical (unpaired) electrons. The summed E-state index contributed by atoms with van der Waals surface area (Å²) >= 11 is 11.5. The predicted molar refractivity (Wildman–Crippen MR) is 90.4 cm³/mol. The number of nitrogens with one attached hydrogen (secondary N) is 1. The summed E-state index contributed by atoms with van der Waals surface area (Å²) in [5.41, 5.74) is 5.85. The molecule has 0 aromatic heterocycles. The van der Waals surface area contributed by atoms with Crippen LogP contribution in [0.1, 0.15) is 15.9 Å². The fourth-order valence-electron chi connectivity index (χ4n) is 2.08. The lowest BCUT2D eigenvalue weighted by Crippen LogP contribution is -2.45. The van der Waals surface area contributed by atoms with Gasteiger partial charge in [0.05, 0.1) is 10.6 Å². The lowest BCUT2D eigenvalue weighted by Gasteiger charge is -2.17. The van der Waals surface area contributed by atoms with Gasteiger partial charge in [-0.2, -0.15) is 0 Å². The monoisotopic (exact) mass is 368 g/mol. The predicted octanol–water partition coefficient (Wildman–Crippen LogP) is 2.23. The summed E-state index contributed by atoms with van der Waals surface area (Å²) in [7, 11) is 0. The van der Waals surface area contributed by atoms with E-state index in [9.17, 15) is 19.8 Å². The highest BCUT2D eigenvalue weighted by Gasteiger charge is 2.24. The Morgan fingerprint density at radius 1 is 1.12 bits per heavy atom. The number of amides is 2. The molecule has 0 aliphatic heterocycles. The molecule has 0 heterocycles. The highest BCUT2D eigenvalue weighted by atomic mass is 35.5. The minimum absolute atomic E-state index is 0.183. The van der Waals surface area contributed by atoms with E-state index in [1.165, 1.54) is 0 Å². The maximum absolute atomic E-state index is 12.3. The van der Waals surface area contributed by atoms with E-state index < -0.39 is 34.4 Å². The van der Waals surface area contributed by atoms with Gasteiger partial charge in [-0.15, -0.1) is 0 Å². The zero-order valence-corrected chi connectivity index (χ0v) is 13.8. The first-order chi connectivity index (χ1) is 11.3.